The molecule has 0 N–H and O–H groups in total. The lowest BCUT2D eigenvalue weighted by atomic mass is 9.98. The molecule has 1 aliphatic rings. The predicted octanol–water partition coefficient (Wildman–Crippen LogP) is 4.22. The smallest absolute Gasteiger partial charge is 0.119 e. The molecule has 0 atom stereocenters. The summed E-state index contributed by atoms with van der Waals surface area (Å²) in [5.41, 5.74) is 0. The Bertz CT molecular complexity index is 291. The van der Waals surface area contributed by atoms with Gasteiger partial charge in [-0.05, 0) is 25.0 Å². The molecular formula is C16H24O2. The third-order valence-corrected chi connectivity index (χ3v) is 3.00. The van der Waals surface area contributed by atoms with Crippen molar-refractivity contribution in [1.82, 2.24) is 0 Å². The van der Waals surface area contributed by atoms with Gasteiger partial charge in [0, 0.05) is 0 Å². The largest absolute Gasteiger partial charge is 0.491 e. The van der Waals surface area contributed by atoms with Gasteiger partial charge in [0.1, 0.15) is 12.4 Å². The van der Waals surface area contributed by atoms with E-state index in [1.807, 2.05) is 30.3 Å². The van der Waals surface area contributed by atoms with Crippen LogP contribution in [0.1, 0.15) is 32.1 Å². The van der Waals surface area contributed by atoms with Gasteiger partial charge in [-0.1, -0.05) is 37.5 Å². The van der Waals surface area contributed by atoms with Gasteiger partial charge in [0.2, 0.25) is 0 Å². The number of hydrogen-bond acceptors (Lipinski definition) is 2. The molecule has 0 heterocycles. The first-order valence-corrected chi connectivity index (χ1v) is 6.74. The van der Waals surface area contributed by atoms with Gasteiger partial charge in [0.25, 0.3) is 0 Å². The SMILES string of the molecule is C=C.c1ccc(OCCOC2CCCCC2)cc1. The van der Waals surface area contributed by atoms with Crippen molar-refractivity contribution in [3.05, 3.63) is 43.5 Å². The highest BCUT2D eigenvalue weighted by molar-refractivity contribution is 5.20. The zero-order valence-corrected chi connectivity index (χ0v) is 11.1. The highest BCUT2D eigenvalue weighted by atomic mass is 16.5. The van der Waals surface area contributed by atoms with Crippen molar-refractivity contribution in [3.63, 3.8) is 0 Å². The van der Waals surface area contributed by atoms with Crippen molar-refractivity contribution >= 4 is 0 Å². The van der Waals surface area contributed by atoms with Gasteiger partial charge >= 0.3 is 0 Å². The second kappa shape index (κ2) is 9.72. The van der Waals surface area contributed by atoms with Crippen LogP contribution in [0, 0.1) is 0 Å². The molecule has 0 saturated heterocycles. The molecule has 0 aromatic heterocycles. The molecule has 1 fully saturated rings. The van der Waals surface area contributed by atoms with Crippen LogP contribution in [0.2, 0.25) is 0 Å². The Morgan fingerprint density at radius 2 is 1.61 bits per heavy atom. The molecule has 0 radical (unpaired) electrons. The van der Waals surface area contributed by atoms with Crippen molar-refractivity contribution < 1.29 is 9.47 Å². The lowest BCUT2D eigenvalue weighted by molar-refractivity contribution is 0.0129. The number of hydrogen-bond donors (Lipinski definition) is 0. The molecule has 0 spiro atoms. The summed E-state index contributed by atoms with van der Waals surface area (Å²) in [5.74, 6) is 0.926. The molecule has 2 heteroatoms. The molecule has 100 valence electrons. The van der Waals surface area contributed by atoms with E-state index in [2.05, 4.69) is 13.2 Å². The number of ether oxygens (including phenoxy) is 2. The summed E-state index contributed by atoms with van der Waals surface area (Å²) in [7, 11) is 0. The highest BCUT2D eigenvalue weighted by Crippen LogP contribution is 2.20. The Kier molecular flexibility index (Phi) is 7.98. The number of rotatable bonds is 5. The minimum atomic E-state index is 0.480. The fourth-order valence-electron chi connectivity index (χ4n) is 2.12. The van der Waals surface area contributed by atoms with Gasteiger partial charge in [-0.15, -0.1) is 13.2 Å². The van der Waals surface area contributed by atoms with Crippen LogP contribution in [0.15, 0.2) is 43.5 Å². The Hall–Kier alpha value is -1.28. The molecule has 1 aromatic rings. The average Bonchev–Trinajstić information content (AvgIpc) is 2.48. The Labute approximate surface area is 111 Å². The second-order valence-corrected chi connectivity index (χ2v) is 4.29. The van der Waals surface area contributed by atoms with Crippen molar-refractivity contribution in [2.24, 2.45) is 0 Å². The van der Waals surface area contributed by atoms with Crippen LogP contribution in [-0.2, 0) is 4.74 Å². The van der Waals surface area contributed by atoms with E-state index in [4.69, 9.17) is 9.47 Å². The molecule has 2 rings (SSSR count). The van der Waals surface area contributed by atoms with Crippen LogP contribution in [0.25, 0.3) is 0 Å². The molecular weight excluding hydrogens is 224 g/mol. The molecule has 0 amide bonds. The standard InChI is InChI=1S/C14H20O2.C2H4/c1-3-7-13(8-4-1)15-11-12-16-14-9-5-2-6-10-14;1-2/h1,3-4,7-8,14H,2,5-6,9-12H2;1-2H2. The van der Waals surface area contributed by atoms with Crippen LogP contribution < -0.4 is 4.74 Å². The van der Waals surface area contributed by atoms with Crippen LogP contribution in [0.5, 0.6) is 5.75 Å². The lowest BCUT2D eigenvalue weighted by Gasteiger charge is -2.21. The number of benzene rings is 1. The molecule has 1 saturated carbocycles. The van der Waals surface area contributed by atoms with E-state index in [0.29, 0.717) is 19.3 Å². The molecule has 2 nitrogen and oxygen atoms in total. The Morgan fingerprint density at radius 1 is 0.944 bits per heavy atom. The Balaban J connectivity index is 0.000000771. The third-order valence-electron chi connectivity index (χ3n) is 3.00. The van der Waals surface area contributed by atoms with E-state index in [9.17, 15) is 0 Å². The van der Waals surface area contributed by atoms with Crippen molar-refractivity contribution in [2.45, 2.75) is 38.2 Å². The van der Waals surface area contributed by atoms with Gasteiger partial charge < -0.3 is 9.47 Å². The number of para-hydroxylation sites is 1. The molecule has 1 aliphatic carbocycles. The van der Waals surface area contributed by atoms with Gasteiger partial charge in [-0.25, -0.2) is 0 Å². The van der Waals surface area contributed by atoms with Gasteiger partial charge in [-0.2, -0.15) is 0 Å². The van der Waals surface area contributed by atoms with Gasteiger partial charge in [0.15, 0.2) is 0 Å². The minimum Gasteiger partial charge on any atom is -0.491 e. The first-order valence-electron chi connectivity index (χ1n) is 6.74. The maximum absolute atomic E-state index is 5.78. The van der Waals surface area contributed by atoms with Gasteiger partial charge in [-0.3, -0.25) is 0 Å². The van der Waals surface area contributed by atoms with Crippen LogP contribution in [0.3, 0.4) is 0 Å². The maximum Gasteiger partial charge on any atom is 0.119 e. The fourth-order valence-corrected chi connectivity index (χ4v) is 2.12. The lowest BCUT2D eigenvalue weighted by Crippen LogP contribution is -2.19. The summed E-state index contributed by atoms with van der Waals surface area (Å²) in [4.78, 5) is 0. The normalized spacial score (nSPS) is 15.6. The Morgan fingerprint density at radius 3 is 2.28 bits per heavy atom. The molecule has 0 unspecified atom stereocenters. The fraction of sp³-hybridized carbons (Fsp3) is 0.500. The monoisotopic (exact) mass is 248 g/mol. The highest BCUT2D eigenvalue weighted by Gasteiger charge is 2.12. The molecule has 1 aromatic carbocycles. The summed E-state index contributed by atoms with van der Waals surface area (Å²) in [6, 6.07) is 9.90. The van der Waals surface area contributed by atoms with Gasteiger partial charge in [0.05, 0.1) is 12.7 Å². The third kappa shape index (κ3) is 5.87. The predicted molar refractivity (Wildman–Crippen MR) is 76.0 cm³/mol. The minimum absolute atomic E-state index is 0.480. The van der Waals surface area contributed by atoms with E-state index in [1.54, 1.807) is 0 Å². The topological polar surface area (TPSA) is 18.5 Å². The van der Waals surface area contributed by atoms with Crippen LogP contribution in [-0.4, -0.2) is 19.3 Å². The van der Waals surface area contributed by atoms with E-state index < -0.39 is 0 Å². The quantitative estimate of drug-likeness (QED) is 0.574. The van der Waals surface area contributed by atoms with Crippen LogP contribution >= 0.6 is 0 Å². The van der Waals surface area contributed by atoms with Crippen molar-refractivity contribution in [3.8, 4) is 5.75 Å². The maximum atomic E-state index is 5.78. The van der Waals surface area contributed by atoms with E-state index in [-0.39, 0.29) is 0 Å². The molecule has 0 bridgehead atoms. The second-order valence-electron chi connectivity index (χ2n) is 4.29. The first-order chi connectivity index (χ1) is 8.95. The van der Waals surface area contributed by atoms with E-state index >= 15 is 0 Å². The molecule has 18 heavy (non-hydrogen) atoms. The van der Waals surface area contributed by atoms with E-state index in [0.717, 1.165) is 5.75 Å². The summed E-state index contributed by atoms with van der Waals surface area (Å²) in [6.07, 6.45) is 6.96. The summed E-state index contributed by atoms with van der Waals surface area (Å²) in [5, 5.41) is 0. The summed E-state index contributed by atoms with van der Waals surface area (Å²) in [6.45, 7) is 7.36. The molecule has 0 aliphatic heterocycles. The first kappa shape index (κ1) is 14.8. The summed E-state index contributed by atoms with van der Waals surface area (Å²) >= 11 is 0. The van der Waals surface area contributed by atoms with Crippen molar-refractivity contribution in [2.75, 3.05) is 13.2 Å². The average molecular weight is 248 g/mol. The zero-order chi connectivity index (χ0) is 13.1. The van der Waals surface area contributed by atoms with Crippen LogP contribution in [0.4, 0.5) is 0 Å². The van der Waals surface area contributed by atoms with E-state index in [1.165, 1.54) is 32.1 Å². The van der Waals surface area contributed by atoms with Crippen molar-refractivity contribution in [1.29, 1.82) is 0 Å². The zero-order valence-electron chi connectivity index (χ0n) is 11.1. The summed E-state index contributed by atoms with van der Waals surface area (Å²) < 4.78 is 11.4.